The van der Waals surface area contributed by atoms with E-state index >= 15 is 0 Å². The summed E-state index contributed by atoms with van der Waals surface area (Å²) in [6.07, 6.45) is -7.14. The van der Waals surface area contributed by atoms with Crippen LogP contribution in [0.2, 0.25) is 0 Å². The molecule has 0 aliphatic heterocycles. The minimum Gasteiger partial charge on any atom is -0.405 e. The summed E-state index contributed by atoms with van der Waals surface area (Å²) >= 11 is 0. The van der Waals surface area contributed by atoms with Crippen molar-refractivity contribution in [1.29, 1.82) is 5.41 Å². The van der Waals surface area contributed by atoms with E-state index in [0.717, 1.165) is 12.3 Å². The second-order valence-electron chi connectivity index (χ2n) is 8.67. The van der Waals surface area contributed by atoms with Crippen LogP contribution in [-0.4, -0.2) is 35.0 Å². The Kier molecular flexibility index (Phi) is 6.19. The molecule has 0 amide bonds. The molecule has 5 rings (SSSR count). The molecule has 8 nitrogen and oxygen atoms in total. The van der Waals surface area contributed by atoms with Gasteiger partial charge in [-0.15, -0.1) is 13.2 Å². The number of aromatic nitrogens is 6. The number of alkyl halides is 6. The number of para-hydroxylation sites is 1. The molecule has 3 heterocycles. The van der Waals surface area contributed by atoms with Crippen LogP contribution >= 0.6 is 0 Å². The lowest BCUT2D eigenvalue weighted by Crippen LogP contribution is -2.23. The van der Waals surface area contributed by atoms with Gasteiger partial charge in [-0.1, -0.05) is 36.4 Å². The van der Waals surface area contributed by atoms with Crippen LogP contribution in [0.1, 0.15) is 11.3 Å². The van der Waals surface area contributed by atoms with Crippen LogP contribution in [0.15, 0.2) is 60.9 Å². The normalized spacial score (nSPS) is 12.3. The number of ether oxygens (including phenoxy) is 1. The summed E-state index contributed by atoms with van der Waals surface area (Å²) in [6, 6.07) is 12.1. The Bertz CT molecular complexity index is 1730. The molecule has 0 radical (unpaired) electrons. The van der Waals surface area contributed by atoms with Gasteiger partial charge in [-0.2, -0.15) is 13.2 Å². The SMILES string of the molecule is Cn1cc(C(F)(F)F)nc1-c1ccc(Cn2c(=N)n(C)c3cnc(-c4ccccc4OC(F)(F)F)nc32)cc1. The van der Waals surface area contributed by atoms with Crippen LogP contribution in [-0.2, 0) is 26.8 Å². The second-order valence-corrected chi connectivity index (χ2v) is 8.67. The molecule has 0 atom stereocenters. The van der Waals surface area contributed by atoms with Crippen LogP contribution < -0.4 is 10.4 Å². The molecule has 0 aliphatic rings. The van der Waals surface area contributed by atoms with Crippen molar-refractivity contribution in [3.8, 4) is 28.5 Å². The summed E-state index contributed by atoms with van der Waals surface area (Å²) < 4.78 is 86.3. The number of nitrogens with zero attached hydrogens (tertiary/aromatic N) is 6. The van der Waals surface area contributed by atoms with Gasteiger partial charge in [-0.25, -0.2) is 15.0 Å². The van der Waals surface area contributed by atoms with Gasteiger partial charge in [0.25, 0.3) is 0 Å². The fraction of sp³-hybridized carbons (Fsp3) is 0.200. The molecular weight excluding hydrogens is 528 g/mol. The Labute approximate surface area is 216 Å². The number of benzene rings is 2. The van der Waals surface area contributed by atoms with Crippen LogP contribution in [0.4, 0.5) is 26.3 Å². The van der Waals surface area contributed by atoms with Gasteiger partial charge in [-0.3, -0.25) is 9.98 Å². The lowest BCUT2D eigenvalue weighted by molar-refractivity contribution is -0.274. The highest BCUT2D eigenvalue weighted by Crippen LogP contribution is 2.33. The van der Waals surface area contributed by atoms with Crippen molar-refractivity contribution < 1.29 is 31.1 Å². The Hall–Kier alpha value is -4.62. The number of nitrogens with one attached hydrogen (secondary N) is 1. The maximum Gasteiger partial charge on any atom is 0.573 e. The first kappa shape index (κ1) is 26.0. The van der Waals surface area contributed by atoms with Crippen molar-refractivity contribution in [3.63, 3.8) is 0 Å². The Morgan fingerprint density at radius 2 is 1.62 bits per heavy atom. The number of fused-ring (bicyclic) bond motifs is 1. The minimum atomic E-state index is -4.91. The molecule has 14 heteroatoms. The van der Waals surface area contributed by atoms with Crippen molar-refractivity contribution in [1.82, 2.24) is 28.7 Å². The first-order valence-electron chi connectivity index (χ1n) is 11.3. The van der Waals surface area contributed by atoms with E-state index in [1.807, 2.05) is 0 Å². The first-order chi connectivity index (χ1) is 18.3. The molecule has 3 aromatic heterocycles. The molecule has 202 valence electrons. The van der Waals surface area contributed by atoms with E-state index in [2.05, 4.69) is 19.7 Å². The molecule has 1 N–H and O–H groups in total. The second kappa shape index (κ2) is 9.29. The molecule has 5 aromatic rings. The third kappa shape index (κ3) is 5.09. The molecular formula is C25H19F6N7O. The van der Waals surface area contributed by atoms with Gasteiger partial charge in [0.2, 0.25) is 5.62 Å². The van der Waals surface area contributed by atoms with Gasteiger partial charge in [0.1, 0.15) is 17.1 Å². The Morgan fingerprint density at radius 1 is 0.923 bits per heavy atom. The molecule has 0 fully saturated rings. The average molecular weight is 547 g/mol. The van der Waals surface area contributed by atoms with E-state index in [0.29, 0.717) is 22.3 Å². The predicted octanol–water partition coefficient (Wildman–Crippen LogP) is 5.28. The van der Waals surface area contributed by atoms with E-state index in [1.54, 1.807) is 35.9 Å². The third-order valence-corrected chi connectivity index (χ3v) is 6.01. The summed E-state index contributed by atoms with van der Waals surface area (Å²) in [5.41, 5.74) is 1.04. The number of aryl methyl sites for hydroxylation is 2. The Balaban J connectivity index is 1.50. The standard InChI is InChI=1S/C25H19F6N7O/c1-36-13-19(24(26,27)28)34-21(36)15-9-7-14(8-10-15)12-38-22-17(37(2)23(38)32)11-33-20(35-22)16-5-3-4-6-18(16)39-25(29,30)31/h3-11,13,32H,12H2,1-2H3. The topological polar surface area (TPSA) is 86.5 Å². The van der Waals surface area contributed by atoms with Gasteiger partial charge in [0.05, 0.1) is 18.3 Å². The van der Waals surface area contributed by atoms with Crippen LogP contribution in [0.5, 0.6) is 5.75 Å². The van der Waals surface area contributed by atoms with Crippen LogP contribution in [0, 0.1) is 5.41 Å². The summed E-state index contributed by atoms with van der Waals surface area (Å²) in [6.45, 7) is 0.155. The van der Waals surface area contributed by atoms with E-state index < -0.39 is 24.0 Å². The number of hydrogen-bond acceptors (Lipinski definition) is 5. The number of hydrogen-bond donors (Lipinski definition) is 1. The molecule has 2 aromatic carbocycles. The van der Waals surface area contributed by atoms with Gasteiger partial charge < -0.3 is 13.9 Å². The lowest BCUT2D eigenvalue weighted by atomic mass is 10.1. The highest BCUT2D eigenvalue weighted by Gasteiger charge is 2.35. The van der Waals surface area contributed by atoms with Gasteiger partial charge in [-0.05, 0) is 17.7 Å². The van der Waals surface area contributed by atoms with Gasteiger partial charge in [0.15, 0.2) is 17.2 Å². The summed E-state index contributed by atoms with van der Waals surface area (Å²) in [4.78, 5) is 12.4. The Morgan fingerprint density at radius 3 is 2.26 bits per heavy atom. The minimum absolute atomic E-state index is 0.0210. The molecule has 39 heavy (non-hydrogen) atoms. The van der Waals surface area contributed by atoms with Crippen LogP contribution in [0.3, 0.4) is 0 Å². The number of rotatable bonds is 5. The largest absolute Gasteiger partial charge is 0.573 e. The van der Waals surface area contributed by atoms with Crippen molar-refractivity contribution in [2.24, 2.45) is 14.1 Å². The lowest BCUT2D eigenvalue weighted by Gasteiger charge is -2.12. The third-order valence-electron chi connectivity index (χ3n) is 6.01. The van der Waals surface area contributed by atoms with E-state index in [-0.39, 0.29) is 29.4 Å². The molecule has 0 saturated heterocycles. The van der Waals surface area contributed by atoms with Crippen molar-refractivity contribution >= 4 is 11.2 Å². The summed E-state index contributed by atoms with van der Waals surface area (Å²) in [5.74, 6) is -0.339. The summed E-state index contributed by atoms with van der Waals surface area (Å²) in [5, 5.41) is 8.54. The number of imidazole rings is 2. The zero-order chi connectivity index (χ0) is 28.1. The van der Waals surface area contributed by atoms with Crippen LogP contribution in [0.25, 0.3) is 33.9 Å². The molecule has 0 aliphatic carbocycles. The predicted molar refractivity (Wildman–Crippen MR) is 127 cm³/mol. The van der Waals surface area contributed by atoms with Crippen molar-refractivity contribution in [3.05, 3.63) is 77.8 Å². The molecule has 0 saturated carbocycles. The van der Waals surface area contributed by atoms with E-state index in [9.17, 15) is 26.3 Å². The van der Waals surface area contributed by atoms with Crippen molar-refractivity contribution in [2.75, 3.05) is 0 Å². The molecule has 0 unspecified atom stereocenters. The first-order valence-corrected chi connectivity index (χ1v) is 11.3. The maximum atomic E-state index is 13.0. The number of halogens is 6. The maximum absolute atomic E-state index is 13.0. The quantitative estimate of drug-likeness (QED) is 0.304. The highest BCUT2D eigenvalue weighted by molar-refractivity contribution is 5.75. The highest BCUT2D eigenvalue weighted by atomic mass is 19.4. The van der Waals surface area contributed by atoms with Gasteiger partial charge in [0, 0.05) is 25.9 Å². The zero-order valence-electron chi connectivity index (χ0n) is 20.3. The average Bonchev–Trinajstić information content (AvgIpc) is 3.37. The smallest absolute Gasteiger partial charge is 0.405 e. The van der Waals surface area contributed by atoms with E-state index in [4.69, 9.17) is 5.41 Å². The fourth-order valence-electron chi connectivity index (χ4n) is 4.15. The molecule has 0 bridgehead atoms. The fourth-order valence-corrected chi connectivity index (χ4v) is 4.15. The summed E-state index contributed by atoms with van der Waals surface area (Å²) in [7, 11) is 3.10. The van der Waals surface area contributed by atoms with Crippen molar-refractivity contribution in [2.45, 2.75) is 19.1 Å². The molecule has 0 spiro atoms. The monoisotopic (exact) mass is 547 g/mol. The van der Waals surface area contributed by atoms with Gasteiger partial charge >= 0.3 is 12.5 Å². The van der Waals surface area contributed by atoms with E-state index in [1.165, 1.54) is 40.6 Å². The zero-order valence-corrected chi connectivity index (χ0v) is 20.3.